The molecule has 10 heteroatoms. The molecule has 0 amide bonds. The van der Waals surface area contributed by atoms with Crippen molar-refractivity contribution in [3.05, 3.63) is 0 Å². The number of hydrogen-bond acceptors (Lipinski definition) is 8. The van der Waals surface area contributed by atoms with Crippen LogP contribution in [0.1, 0.15) is 27.7 Å². The number of rotatable bonds is 11. The third-order valence-corrected chi connectivity index (χ3v) is 12.3. The van der Waals surface area contributed by atoms with Gasteiger partial charge in [0.15, 0.2) is 0 Å². The van der Waals surface area contributed by atoms with Gasteiger partial charge in [-0.2, -0.15) is 0 Å². The van der Waals surface area contributed by atoms with Crippen LogP contribution >= 0.6 is 34.4 Å². The lowest BCUT2D eigenvalue weighted by atomic mass is 10.9. The summed E-state index contributed by atoms with van der Waals surface area (Å²) < 4.78 is 44.5. The van der Waals surface area contributed by atoms with E-state index in [1.807, 2.05) is 0 Å². The van der Waals surface area contributed by atoms with Crippen LogP contribution in [0.15, 0.2) is 0 Å². The quantitative estimate of drug-likeness (QED) is 0.395. The van der Waals surface area contributed by atoms with Gasteiger partial charge in [-0.1, -0.05) is 0 Å². The third-order valence-electron chi connectivity index (χ3n) is 1.36. The average Bonchev–Trinajstić information content (AvgIpc) is 2.28. The topological polar surface area (TPSA) is 71.1 Å². The monoisotopic (exact) mass is 338 g/mol. The van der Waals surface area contributed by atoms with Crippen LogP contribution in [-0.2, 0) is 27.2 Å². The highest BCUT2D eigenvalue weighted by molar-refractivity contribution is 9.12. The van der Waals surface area contributed by atoms with Gasteiger partial charge in [-0.05, 0) is 27.7 Å². The van der Waals surface area contributed by atoms with Gasteiger partial charge in [-0.25, -0.2) is 9.13 Å². The molecule has 0 bridgehead atoms. The fourth-order valence-electron chi connectivity index (χ4n) is 0.875. The summed E-state index contributed by atoms with van der Waals surface area (Å²) in [7, 11) is 1.55. The molecule has 0 unspecified atom stereocenters. The maximum absolute atomic E-state index is 12.1. The van der Waals surface area contributed by atoms with Gasteiger partial charge in [0.1, 0.15) is 0 Å². The fraction of sp³-hybridized carbons (Fsp3) is 1.00. The molecule has 0 saturated carbocycles. The second-order valence-electron chi connectivity index (χ2n) is 2.71. The first-order valence-electron chi connectivity index (χ1n) is 5.61. The smallest absolute Gasteiger partial charge is 0.300 e. The van der Waals surface area contributed by atoms with E-state index < -0.39 is 13.6 Å². The van der Waals surface area contributed by atoms with Crippen molar-refractivity contribution in [2.24, 2.45) is 0 Å². The van der Waals surface area contributed by atoms with E-state index >= 15 is 0 Å². The highest BCUT2D eigenvalue weighted by Crippen LogP contribution is 2.76. The second kappa shape index (κ2) is 9.83. The van der Waals surface area contributed by atoms with E-state index in [0.717, 1.165) is 20.8 Å². The van der Waals surface area contributed by atoms with Gasteiger partial charge in [-0.3, -0.25) is 0 Å². The van der Waals surface area contributed by atoms with Crippen molar-refractivity contribution >= 4 is 34.4 Å². The molecule has 6 nitrogen and oxygen atoms in total. The Labute approximate surface area is 116 Å². The van der Waals surface area contributed by atoms with Crippen LogP contribution in [0.2, 0.25) is 0 Å². The molecule has 0 N–H and O–H groups in total. The van der Waals surface area contributed by atoms with Crippen LogP contribution in [0.5, 0.6) is 0 Å². The molecule has 0 spiro atoms. The minimum absolute atomic E-state index is 0.248. The molecule has 0 aliphatic rings. The number of hydrogen-bond donors (Lipinski definition) is 0. The lowest BCUT2D eigenvalue weighted by Crippen LogP contribution is -1.93. The Morgan fingerprint density at radius 3 is 1.06 bits per heavy atom. The molecule has 0 radical (unpaired) electrons. The zero-order valence-corrected chi connectivity index (χ0v) is 14.4. The Bertz CT molecular complexity index is 264. The van der Waals surface area contributed by atoms with E-state index in [1.165, 1.54) is 0 Å². The van der Waals surface area contributed by atoms with E-state index in [4.69, 9.17) is 18.1 Å². The molecule has 110 valence electrons. The van der Waals surface area contributed by atoms with Gasteiger partial charge in [0.05, 0.1) is 26.4 Å². The van der Waals surface area contributed by atoms with Gasteiger partial charge >= 0.3 is 13.6 Å². The summed E-state index contributed by atoms with van der Waals surface area (Å²) in [5.41, 5.74) is 0. The van der Waals surface area contributed by atoms with Crippen LogP contribution in [0.4, 0.5) is 0 Å². The van der Waals surface area contributed by atoms with Gasteiger partial charge in [-0.15, -0.1) is 0 Å². The summed E-state index contributed by atoms with van der Waals surface area (Å²) in [4.78, 5) is 0. The van der Waals surface area contributed by atoms with Gasteiger partial charge in [0.2, 0.25) is 0 Å². The van der Waals surface area contributed by atoms with E-state index in [2.05, 4.69) is 0 Å². The molecule has 0 rings (SSSR count). The summed E-state index contributed by atoms with van der Waals surface area (Å²) in [6.45, 7) is 1.20. The van der Waals surface area contributed by atoms with Crippen LogP contribution in [0.25, 0.3) is 0 Å². The highest BCUT2D eigenvalue weighted by atomic mass is 33.5. The molecular weight excluding hydrogens is 318 g/mol. The first-order chi connectivity index (χ1) is 8.45. The molecule has 0 aromatic carbocycles. The summed E-state index contributed by atoms with van der Waals surface area (Å²) in [6, 6.07) is 0. The Hall–Kier alpha value is 1.00. The maximum atomic E-state index is 12.1. The largest absolute Gasteiger partial charge is 0.400 e. The molecule has 0 saturated heterocycles. The molecule has 0 aliphatic heterocycles. The average molecular weight is 338 g/mol. The minimum Gasteiger partial charge on any atom is -0.300 e. The zero-order valence-electron chi connectivity index (χ0n) is 11.0. The predicted octanol–water partition coefficient (Wildman–Crippen LogP) is 4.73. The second-order valence-corrected chi connectivity index (χ2v) is 12.1. The predicted molar refractivity (Wildman–Crippen MR) is 76.9 cm³/mol. The van der Waals surface area contributed by atoms with E-state index in [1.54, 1.807) is 27.7 Å². The standard InChI is InChI=1S/C8H20O6P2S2/c1-5-11-15(9,12-6-2)17-18-16(10,13-7-3)14-8-4/h5-8H2,1-4H3. The summed E-state index contributed by atoms with van der Waals surface area (Å²) in [6.07, 6.45) is 0. The lowest BCUT2D eigenvalue weighted by Gasteiger charge is -2.18. The van der Waals surface area contributed by atoms with Gasteiger partial charge in [0.25, 0.3) is 0 Å². The van der Waals surface area contributed by atoms with E-state index in [-0.39, 0.29) is 26.4 Å². The molecule has 18 heavy (non-hydrogen) atoms. The van der Waals surface area contributed by atoms with Crippen molar-refractivity contribution < 1.29 is 27.2 Å². The van der Waals surface area contributed by atoms with Crippen molar-refractivity contribution in [1.82, 2.24) is 0 Å². The first-order valence-corrected chi connectivity index (χ1v) is 12.1. The summed E-state index contributed by atoms with van der Waals surface area (Å²) in [5.74, 6) is 0. The molecule has 0 aromatic heterocycles. The maximum Gasteiger partial charge on any atom is 0.400 e. The first kappa shape index (κ1) is 19.0. The Morgan fingerprint density at radius 2 is 0.889 bits per heavy atom. The van der Waals surface area contributed by atoms with E-state index in [9.17, 15) is 9.13 Å². The fourth-order valence-corrected chi connectivity index (χ4v) is 12.3. The Kier molecular flexibility index (Phi) is 10.4. The molecular formula is C8H20O6P2S2. The Balaban J connectivity index is 4.55. The highest BCUT2D eigenvalue weighted by Gasteiger charge is 2.34. The van der Waals surface area contributed by atoms with Crippen molar-refractivity contribution in [2.45, 2.75) is 27.7 Å². The lowest BCUT2D eigenvalue weighted by molar-refractivity contribution is 0.235. The van der Waals surface area contributed by atoms with Gasteiger partial charge < -0.3 is 18.1 Å². The minimum atomic E-state index is -3.32. The van der Waals surface area contributed by atoms with Gasteiger partial charge in [0, 0.05) is 20.8 Å². The summed E-state index contributed by atoms with van der Waals surface area (Å²) >= 11 is 0. The zero-order chi connectivity index (χ0) is 14.1. The summed E-state index contributed by atoms with van der Waals surface area (Å²) in [5, 5.41) is 0. The Morgan fingerprint density at radius 1 is 0.667 bits per heavy atom. The normalized spacial score (nSPS) is 12.9. The van der Waals surface area contributed by atoms with Crippen LogP contribution in [0.3, 0.4) is 0 Å². The van der Waals surface area contributed by atoms with Crippen molar-refractivity contribution in [1.29, 1.82) is 0 Å². The van der Waals surface area contributed by atoms with Crippen LogP contribution in [-0.4, -0.2) is 26.4 Å². The molecule has 0 aromatic rings. The molecule has 0 heterocycles. The molecule has 0 aliphatic carbocycles. The molecule has 0 atom stereocenters. The SMILES string of the molecule is CCOP(=O)(OCC)SSP(=O)(OCC)OCC. The third kappa shape index (κ3) is 7.56. The van der Waals surface area contributed by atoms with Crippen LogP contribution < -0.4 is 0 Å². The molecule has 0 fully saturated rings. The van der Waals surface area contributed by atoms with Crippen molar-refractivity contribution in [3.8, 4) is 0 Å². The van der Waals surface area contributed by atoms with Crippen molar-refractivity contribution in [3.63, 3.8) is 0 Å². The van der Waals surface area contributed by atoms with E-state index in [0.29, 0.717) is 0 Å². The van der Waals surface area contributed by atoms with Crippen LogP contribution in [0, 0.1) is 0 Å². The van der Waals surface area contributed by atoms with Crippen molar-refractivity contribution in [2.75, 3.05) is 26.4 Å².